The molecule has 2 amide bonds. The SMILES string of the molecule is N#CCOc1ccc(Cl)cc1C=NN1C(=O)C2C3C=CC(C3)C2C1=O. The second kappa shape index (κ2) is 6.01. The fraction of sp³-hybridized carbons (Fsp3) is 0.333. The highest BCUT2D eigenvalue weighted by Crippen LogP contribution is 2.52. The number of nitriles is 1. The second-order valence-corrected chi connectivity index (χ2v) is 6.80. The van der Waals surface area contributed by atoms with Crippen molar-refractivity contribution in [1.82, 2.24) is 5.01 Å². The lowest BCUT2D eigenvalue weighted by atomic mass is 9.85. The van der Waals surface area contributed by atoms with E-state index in [9.17, 15) is 9.59 Å². The average molecular weight is 356 g/mol. The number of amides is 2. The van der Waals surface area contributed by atoms with Gasteiger partial charge in [0.25, 0.3) is 11.8 Å². The number of rotatable bonds is 4. The Hall–Kier alpha value is -2.65. The fourth-order valence-corrected chi connectivity index (χ4v) is 4.16. The summed E-state index contributed by atoms with van der Waals surface area (Å²) < 4.78 is 5.32. The zero-order valence-corrected chi connectivity index (χ0v) is 13.9. The zero-order valence-electron chi connectivity index (χ0n) is 13.1. The summed E-state index contributed by atoms with van der Waals surface area (Å²) in [5, 5.41) is 14.2. The Bertz CT molecular complexity index is 828. The molecular formula is C18H14ClN3O3. The van der Waals surface area contributed by atoms with Crippen LogP contribution in [-0.4, -0.2) is 29.6 Å². The van der Waals surface area contributed by atoms with E-state index in [1.54, 1.807) is 18.2 Å². The highest BCUT2D eigenvalue weighted by atomic mass is 35.5. The number of hydrogen-bond acceptors (Lipinski definition) is 5. The van der Waals surface area contributed by atoms with Crippen LogP contribution >= 0.6 is 11.6 Å². The van der Waals surface area contributed by atoms with Gasteiger partial charge in [-0.05, 0) is 36.5 Å². The first kappa shape index (κ1) is 15.9. The van der Waals surface area contributed by atoms with Gasteiger partial charge in [-0.25, -0.2) is 0 Å². The van der Waals surface area contributed by atoms with Gasteiger partial charge in [-0.1, -0.05) is 23.8 Å². The van der Waals surface area contributed by atoms with Gasteiger partial charge in [0, 0.05) is 10.6 Å². The van der Waals surface area contributed by atoms with Gasteiger partial charge in [0.05, 0.1) is 18.1 Å². The third-order valence-electron chi connectivity index (χ3n) is 5.02. The topological polar surface area (TPSA) is 82.8 Å². The van der Waals surface area contributed by atoms with E-state index < -0.39 is 0 Å². The van der Waals surface area contributed by atoms with Crippen molar-refractivity contribution >= 4 is 29.6 Å². The number of hydrogen-bond donors (Lipinski definition) is 0. The summed E-state index contributed by atoms with van der Waals surface area (Å²) in [6.07, 6.45) is 6.33. The lowest BCUT2D eigenvalue weighted by Crippen LogP contribution is -2.28. The van der Waals surface area contributed by atoms with Gasteiger partial charge in [-0.15, -0.1) is 0 Å². The molecule has 2 bridgehead atoms. The summed E-state index contributed by atoms with van der Waals surface area (Å²) in [6, 6.07) is 6.74. The smallest absolute Gasteiger partial charge is 0.254 e. The van der Waals surface area contributed by atoms with E-state index in [4.69, 9.17) is 21.6 Å². The zero-order chi connectivity index (χ0) is 17.6. The van der Waals surface area contributed by atoms with E-state index in [0.717, 1.165) is 11.4 Å². The van der Waals surface area contributed by atoms with E-state index >= 15 is 0 Å². The van der Waals surface area contributed by atoms with E-state index in [0.29, 0.717) is 16.3 Å². The molecule has 1 saturated heterocycles. The number of carbonyl (C=O) groups is 2. The molecule has 4 rings (SSSR count). The largest absolute Gasteiger partial charge is 0.478 e. The average Bonchev–Trinajstić information content (AvgIpc) is 3.27. The van der Waals surface area contributed by atoms with Crippen LogP contribution in [0.2, 0.25) is 5.02 Å². The number of hydrazone groups is 1. The number of ether oxygens (including phenoxy) is 1. The molecule has 126 valence electrons. The molecule has 2 aliphatic carbocycles. The lowest BCUT2D eigenvalue weighted by Gasteiger charge is -2.13. The summed E-state index contributed by atoms with van der Waals surface area (Å²) in [4.78, 5) is 25.2. The fourth-order valence-electron chi connectivity index (χ4n) is 3.98. The molecule has 6 nitrogen and oxygen atoms in total. The van der Waals surface area contributed by atoms with Gasteiger partial charge in [0.1, 0.15) is 11.8 Å². The molecule has 1 heterocycles. The van der Waals surface area contributed by atoms with Crippen LogP contribution in [0.5, 0.6) is 5.75 Å². The van der Waals surface area contributed by atoms with Crippen LogP contribution in [0.4, 0.5) is 0 Å². The van der Waals surface area contributed by atoms with Crippen molar-refractivity contribution in [3.63, 3.8) is 0 Å². The van der Waals surface area contributed by atoms with Crippen LogP contribution in [0.15, 0.2) is 35.5 Å². The predicted octanol–water partition coefficient (Wildman–Crippen LogP) is 2.38. The van der Waals surface area contributed by atoms with Crippen LogP contribution in [0.1, 0.15) is 12.0 Å². The Balaban J connectivity index is 1.59. The maximum absolute atomic E-state index is 12.6. The van der Waals surface area contributed by atoms with Gasteiger partial charge >= 0.3 is 0 Å². The molecule has 1 saturated carbocycles. The maximum Gasteiger partial charge on any atom is 0.254 e. The lowest BCUT2D eigenvalue weighted by molar-refractivity contribution is -0.140. The molecule has 1 aromatic rings. The summed E-state index contributed by atoms with van der Waals surface area (Å²) >= 11 is 5.99. The molecule has 1 aromatic carbocycles. The molecule has 3 aliphatic rings. The Labute approximate surface area is 149 Å². The summed E-state index contributed by atoms with van der Waals surface area (Å²) in [5.41, 5.74) is 0.501. The van der Waals surface area contributed by atoms with Crippen molar-refractivity contribution in [2.24, 2.45) is 28.8 Å². The highest BCUT2D eigenvalue weighted by Gasteiger charge is 2.59. The van der Waals surface area contributed by atoms with Crippen LogP contribution in [0, 0.1) is 35.0 Å². The number of allylic oxidation sites excluding steroid dienone is 2. The standard InChI is InChI=1S/C18H14ClN3O3/c19-13-3-4-14(25-6-5-20)12(8-13)9-21-22-17(23)15-10-1-2-11(7-10)16(15)18(22)24/h1-4,8-11,15-16H,6-7H2. The quantitative estimate of drug-likeness (QED) is 0.471. The first-order valence-corrected chi connectivity index (χ1v) is 8.37. The molecule has 0 aromatic heterocycles. The second-order valence-electron chi connectivity index (χ2n) is 6.36. The third-order valence-corrected chi connectivity index (χ3v) is 5.26. The van der Waals surface area contributed by atoms with Crippen molar-refractivity contribution in [2.45, 2.75) is 6.42 Å². The molecule has 2 fully saturated rings. The molecule has 0 radical (unpaired) electrons. The minimum absolute atomic E-state index is 0.122. The summed E-state index contributed by atoms with van der Waals surface area (Å²) in [6.45, 7) is -0.122. The van der Waals surface area contributed by atoms with Crippen LogP contribution in [0.25, 0.3) is 0 Å². The number of benzene rings is 1. The molecule has 0 N–H and O–H groups in total. The van der Waals surface area contributed by atoms with Crippen molar-refractivity contribution in [1.29, 1.82) is 5.26 Å². The number of fused-ring (bicyclic) bond motifs is 5. The number of imide groups is 1. The Morgan fingerprint density at radius 3 is 2.60 bits per heavy atom. The highest BCUT2D eigenvalue weighted by molar-refractivity contribution is 6.31. The molecule has 4 atom stereocenters. The van der Waals surface area contributed by atoms with E-state index in [2.05, 4.69) is 5.10 Å². The Kier molecular flexibility index (Phi) is 3.81. The minimum Gasteiger partial charge on any atom is -0.478 e. The normalized spacial score (nSPS) is 29.5. The molecular weight excluding hydrogens is 342 g/mol. The van der Waals surface area contributed by atoms with Crippen LogP contribution in [-0.2, 0) is 9.59 Å². The first-order chi connectivity index (χ1) is 12.1. The van der Waals surface area contributed by atoms with Crippen molar-refractivity contribution in [3.8, 4) is 11.8 Å². The number of halogens is 1. The first-order valence-electron chi connectivity index (χ1n) is 7.99. The predicted molar refractivity (Wildman–Crippen MR) is 89.7 cm³/mol. The minimum atomic E-state index is -0.284. The van der Waals surface area contributed by atoms with E-state index in [1.165, 1.54) is 6.21 Å². The van der Waals surface area contributed by atoms with Crippen LogP contribution < -0.4 is 4.74 Å². The maximum atomic E-state index is 12.6. The molecule has 25 heavy (non-hydrogen) atoms. The molecule has 4 unspecified atom stereocenters. The number of carbonyl (C=O) groups excluding carboxylic acids is 2. The molecule has 7 heteroatoms. The van der Waals surface area contributed by atoms with Gasteiger partial charge in [0.15, 0.2) is 6.61 Å². The molecule has 1 aliphatic heterocycles. The van der Waals surface area contributed by atoms with Crippen LogP contribution in [0.3, 0.4) is 0 Å². The summed E-state index contributed by atoms with van der Waals surface area (Å²) in [5.74, 6) is -0.355. The van der Waals surface area contributed by atoms with Crippen molar-refractivity contribution < 1.29 is 14.3 Å². The third kappa shape index (κ3) is 2.52. The van der Waals surface area contributed by atoms with Crippen molar-refractivity contribution in [3.05, 3.63) is 40.9 Å². The van der Waals surface area contributed by atoms with Gasteiger partial charge in [-0.2, -0.15) is 15.4 Å². The van der Waals surface area contributed by atoms with E-state index in [-0.39, 0.29) is 42.1 Å². The Morgan fingerprint density at radius 2 is 1.96 bits per heavy atom. The van der Waals surface area contributed by atoms with Gasteiger partial charge < -0.3 is 4.74 Å². The summed E-state index contributed by atoms with van der Waals surface area (Å²) in [7, 11) is 0. The number of nitrogens with zero attached hydrogens (tertiary/aromatic N) is 3. The Morgan fingerprint density at radius 1 is 1.28 bits per heavy atom. The molecule has 0 spiro atoms. The van der Waals surface area contributed by atoms with Crippen molar-refractivity contribution in [2.75, 3.05) is 6.61 Å². The monoisotopic (exact) mass is 355 g/mol. The van der Waals surface area contributed by atoms with Gasteiger partial charge in [0.2, 0.25) is 0 Å². The van der Waals surface area contributed by atoms with E-state index in [1.807, 2.05) is 18.2 Å². The van der Waals surface area contributed by atoms with Gasteiger partial charge in [-0.3, -0.25) is 9.59 Å².